The molecule has 10 heavy (non-hydrogen) atoms. The van der Waals surface area contributed by atoms with Gasteiger partial charge in [-0.05, 0) is 13.8 Å². The lowest BCUT2D eigenvalue weighted by Gasteiger charge is -2.16. The molecule has 4 nitrogen and oxygen atoms in total. The summed E-state index contributed by atoms with van der Waals surface area (Å²) in [5.74, 6) is 0. The summed E-state index contributed by atoms with van der Waals surface area (Å²) in [5, 5.41) is 4.78. The van der Waals surface area contributed by atoms with E-state index in [-0.39, 0.29) is 18.4 Å². The third kappa shape index (κ3) is 4.05. The molecular weight excluding hydrogens is 176 g/mol. The minimum atomic E-state index is -3.47. The maximum atomic E-state index is 10.5. The average Bonchev–Trinajstić information content (AvgIpc) is 1.62. The van der Waals surface area contributed by atoms with Crippen molar-refractivity contribution < 1.29 is 8.42 Å². The largest absolute Gasteiger partial charge is 0.276 e. The first-order valence-corrected chi connectivity index (χ1v) is 4.11. The number of hydrogen-bond donors (Lipinski definition) is 1. The summed E-state index contributed by atoms with van der Waals surface area (Å²) in [6.07, 6.45) is 0. The van der Waals surface area contributed by atoms with Crippen LogP contribution in [0.2, 0.25) is 0 Å². The summed E-state index contributed by atoms with van der Waals surface area (Å²) in [6.45, 7) is 3.51. The van der Waals surface area contributed by atoms with E-state index in [2.05, 4.69) is 0 Å². The molecule has 0 aromatic carbocycles. The van der Waals surface area contributed by atoms with Gasteiger partial charge in [0.05, 0.1) is 0 Å². The smallest absolute Gasteiger partial charge is 0.216 e. The zero-order valence-corrected chi connectivity index (χ0v) is 7.87. The van der Waals surface area contributed by atoms with Crippen molar-refractivity contribution in [2.45, 2.75) is 19.9 Å². The highest BCUT2D eigenvalue weighted by Crippen LogP contribution is 1.95. The van der Waals surface area contributed by atoms with Crippen LogP contribution in [-0.2, 0) is 10.2 Å². The van der Waals surface area contributed by atoms with Crippen molar-refractivity contribution in [3.8, 4) is 0 Å². The van der Waals surface area contributed by atoms with E-state index in [0.717, 1.165) is 4.31 Å². The lowest BCUT2D eigenvalue weighted by atomic mass is 10.4. The Hall–Kier alpha value is 0.160. The Bertz CT molecular complexity index is 178. The second kappa shape index (κ2) is 4.12. The molecule has 0 radical (unpaired) electrons. The van der Waals surface area contributed by atoms with E-state index in [1.807, 2.05) is 0 Å². The lowest BCUT2D eigenvalue weighted by molar-refractivity contribution is 0.411. The van der Waals surface area contributed by atoms with E-state index in [1.165, 1.54) is 7.05 Å². The Balaban J connectivity index is 0. The van der Waals surface area contributed by atoms with Crippen LogP contribution in [0.15, 0.2) is 0 Å². The van der Waals surface area contributed by atoms with Crippen molar-refractivity contribution in [1.82, 2.24) is 4.31 Å². The second-order valence-electron chi connectivity index (χ2n) is 2.15. The molecule has 0 aromatic rings. The van der Waals surface area contributed by atoms with Crippen molar-refractivity contribution in [2.75, 3.05) is 7.05 Å². The summed E-state index contributed by atoms with van der Waals surface area (Å²) in [7, 11) is -2.02. The number of nitrogens with zero attached hydrogens (tertiary/aromatic N) is 1. The van der Waals surface area contributed by atoms with Crippen molar-refractivity contribution in [3.63, 3.8) is 0 Å². The van der Waals surface area contributed by atoms with Gasteiger partial charge in [0.15, 0.2) is 0 Å². The topological polar surface area (TPSA) is 63.4 Å². The molecule has 6 heteroatoms. The van der Waals surface area contributed by atoms with Crippen LogP contribution in [-0.4, -0.2) is 25.8 Å². The van der Waals surface area contributed by atoms with Crippen LogP contribution in [0.5, 0.6) is 0 Å². The quantitative estimate of drug-likeness (QED) is 0.661. The predicted molar refractivity (Wildman–Crippen MR) is 43.3 cm³/mol. The van der Waals surface area contributed by atoms with Gasteiger partial charge in [-0.3, -0.25) is 0 Å². The van der Waals surface area contributed by atoms with E-state index in [1.54, 1.807) is 13.8 Å². The Labute approximate surface area is 68.0 Å². The van der Waals surface area contributed by atoms with Gasteiger partial charge in [0.25, 0.3) is 10.2 Å². The molecule has 0 amide bonds. The summed E-state index contributed by atoms with van der Waals surface area (Å²) in [5.41, 5.74) is 0. The Morgan fingerprint density at radius 3 is 1.70 bits per heavy atom. The maximum Gasteiger partial charge on any atom is 0.276 e. The van der Waals surface area contributed by atoms with Gasteiger partial charge in [-0.25, -0.2) is 5.14 Å². The fraction of sp³-hybridized carbons (Fsp3) is 1.00. The van der Waals surface area contributed by atoms with Crippen molar-refractivity contribution >= 4 is 22.6 Å². The van der Waals surface area contributed by atoms with Gasteiger partial charge < -0.3 is 0 Å². The highest BCUT2D eigenvalue weighted by molar-refractivity contribution is 7.86. The molecule has 0 aliphatic rings. The van der Waals surface area contributed by atoms with Crippen LogP contribution in [0.4, 0.5) is 0 Å². The van der Waals surface area contributed by atoms with Gasteiger partial charge in [-0.2, -0.15) is 12.7 Å². The average molecular weight is 189 g/mol. The van der Waals surface area contributed by atoms with Crippen LogP contribution < -0.4 is 5.14 Å². The SMILES string of the molecule is CC(C)N(C)S(N)(=O)=O.Cl. The third-order valence-corrected chi connectivity index (χ3v) is 2.35. The standard InChI is InChI=1S/C4H12N2O2S.ClH/c1-4(2)6(3)9(5,7)8;/h4H,1-3H3,(H2,5,7,8);1H. The van der Waals surface area contributed by atoms with E-state index in [4.69, 9.17) is 5.14 Å². The van der Waals surface area contributed by atoms with Crippen LogP contribution in [0.3, 0.4) is 0 Å². The van der Waals surface area contributed by atoms with Gasteiger partial charge in [0.2, 0.25) is 0 Å². The normalized spacial score (nSPS) is 11.8. The summed E-state index contributed by atoms with van der Waals surface area (Å²) in [6, 6.07) is -0.0694. The molecule has 0 rings (SSSR count). The summed E-state index contributed by atoms with van der Waals surface area (Å²) >= 11 is 0. The van der Waals surface area contributed by atoms with Crippen molar-refractivity contribution in [3.05, 3.63) is 0 Å². The van der Waals surface area contributed by atoms with Gasteiger partial charge >= 0.3 is 0 Å². The first-order valence-electron chi connectivity index (χ1n) is 2.61. The molecule has 0 saturated heterocycles. The predicted octanol–water partition coefficient (Wildman–Crippen LogP) is -0.0481. The van der Waals surface area contributed by atoms with E-state index in [0.29, 0.717) is 0 Å². The Morgan fingerprint density at radius 1 is 1.40 bits per heavy atom. The molecule has 0 aromatic heterocycles. The monoisotopic (exact) mass is 188 g/mol. The number of hydrogen-bond acceptors (Lipinski definition) is 2. The molecular formula is C4H13ClN2O2S. The highest BCUT2D eigenvalue weighted by Gasteiger charge is 2.13. The molecule has 0 atom stereocenters. The van der Waals surface area contributed by atoms with Crippen LogP contribution in [0.1, 0.15) is 13.8 Å². The van der Waals surface area contributed by atoms with Crippen molar-refractivity contribution in [2.24, 2.45) is 5.14 Å². The molecule has 0 aliphatic carbocycles. The fourth-order valence-corrected chi connectivity index (χ4v) is 0.882. The van der Waals surface area contributed by atoms with Gasteiger partial charge in [-0.1, -0.05) is 0 Å². The molecule has 64 valence electrons. The summed E-state index contributed by atoms with van der Waals surface area (Å²) < 4.78 is 22.1. The minimum Gasteiger partial charge on any atom is -0.216 e. The molecule has 0 spiro atoms. The number of halogens is 1. The zero-order valence-electron chi connectivity index (χ0n) is 6.23. The minimum absolute atomic E-state index is 0. The van der Waals surface area contributed by atoms with Crippen LogP contribution in [0, 0.1) is 0 Å². The lowest BCUT2D eigenvalue weighted by Crippen LogP contribution is -2.37. The second-order valence-corrected chi connectivity index (χ2v) is 3.76. The Morgan fingerprint density at radius 2 is 1.70 bits per heavy atom. The zero-order chi connectivity index (χ0) is 7.65. The molecule has 0 bridgehead atoms. The van der Waals surface area contributed by atoms with E-state index in [9.17, 15) is 8.42 Å². The summed E-state index contributed by atoms with van der Waals surface area (Å²) in [4.78, 5) is 0. The molecule has 2 N–H and O–H groups in total. The number of rotatable bonds is 2. The molecule has 0 heterocycles. The van der Waals surface area contributed by atoms with Gasteiger partial charge in [-0.15, -0.1) is 12.4 Å². The fourth-order valence-electron chi connectivity index (χ4n) is 0.294. The molecule has 0 fully saturated rings. The molecule has 0 unspecified atom stereocenters. The first kappa shape index (κ1) is 12.8. The maximum absolute atomic E-state index is 10.5. The van der Waals surface area contributed by atoms with Crippen LogP contribution in [0.25, 0.3) is 0 Å². The Kier molecular flexibility index (Phi) is 5.28. The van der Waals surface area contributed by atoms with Gasteiger partial charge in [0, 0.05) is 13.1 Å². The van der Waals surface area contributed by atoms with E-state index >= 15 is 0 Å². The molecule has 0 saturated carbocycles. The first-order chi connectivity index (χ1) is 3.85. The van der Waals surface area contributed by atoms with E-state index < -0.39 is 10.2 Å². The van der Waals surface area contributed by atoms with Gasteiger partial charge in [0.1, 0.15) is 0 Å². The van der Waals surface area contributed by atoms with Crippen molar-refractivity contribution in [1.29, 1.82) is 0 Å². The third-order valence-electron chi connectivity index (χ3n) is 1.13. The van der Waals surface area contributed by atoms with Crippen LogP contribution >= 0.6 is 12.4 Å². The highest BCUT2D eigenvalue weighted by atomic mass is 35.5. The number of nitrogens with two attached hydrogens (primary N) is 1. The molecule has 0 aliphatic heterocycles.